The first-order valence-electron chi connectivity index (χ1n) is 6.48. The normalized spacial score (nSPS) is 11.5. The fraction of sp³-hybridized carbons (Fsp3) is 0.357. The van der Waals surface area contributed by atoms with Gasteiger partial charge < -0.3 is 20.9 Å². The number of nitrogens with two attached hydrogens (primary N) is 1. The molecule has 0 aliphatic carbocycles. The lowest BCUT2D eigenvalue weighted by atomic mass is 10.1. The molecule has 7 heteroatoms. The van der Waals surface area contributed by atoms with Crippen LogP contribution in [-0.4, -0.2) is 35.6 Å². The van der Waals surface area contributed by atoms with Crippen molar-refractivity contribution in [2.24, 2.45) is 5.73 Å². The highest BCUT2D eigenvalue weighted by atomic mass is 16.5. The van der Waals surface area contributed by atoms with Crippen LogP contribution in [0, 0.1) is 0 Å². The van der Waals surface area contributed by atoms with E-state index in [1.165, 1.54) is 0 Å². The molecule has 0 heterocycles. The van der Waals surface area contributed by atoms with Crippen molar-refractivity contribution >= 4 is 23.5 Å². The molecule has 0 bridgehead atoms. The van der Waals surface area contributed by atoms with Gasteiger partial charge in [-0.05, 0) is 31.0 Å². The van der Waals surface area contributed by atoms with Gasteiger partial charge >= 0.3 is 11.9 Å². The van der Waals surface area contributed by atoms with Gasteiger partial charge in [-0.15, -0.1) is 0 Å². The maximum Gasteiger partial charge on any atom is 0.332 e. The highest BCUT2D eigenvalue weighted by molar-refractivity contribution is 6.08. The Morgan fingerprint density at radius 3 is 2.71 bits per heavy atom. The van der Waals surface area contributed by atoms with Crippen molar-refractivity contribution in [1.82, 2.24) is 0 Å². The minimum atomic E-state index is -1.40. The highest BCUT2D eigenvalue weighted by Gasteiger charge is 2.23. The van der Waals surface area contributed by atoms with Gasteiger partial charge in [0.05, 0.1) is 6.61 Å². The lowest BCUT2D eigenvalue weighted by molar-refractivity contribution is -0.147. The van der Waals surface area contributed by atoms with Crippen LogP contribution in [0.4, 0.5) is 5.69 Å². The van der Waals surface area contributed by atoms with E-state index in [4.69, 9.17) is 10.8 Å². The second kappa shape index (κ2) is 8.01. The lowest BCUT2D eigenvalue weighted by Crippen LogP contribution is -2.43. The van der Waals surface area contributed by atoms with E-state index < -0.39 is 23.9 Å². The molecular formula is C14H18N2O5. The van der Waals surface area contributed by atoms with Crippen molar-refractivity contribution in [1.29, 1.82) is 0 Å². The van der Waals surface area contributed by atoms with Gasteiger partial charge in [0.2, 0.25) is 0 Å². The van der Waals surface area contributed by atoms with E-state index in [1.807, 2.05) is 0 Å². The van der Waals surface area contributed by atoms with Crippen molar-refractivity contribution in [3.63, 3.8) is 0 Å². The highest BCUT2D eigenvalue weighted by Crippen LogP contribution is 2.12. The Kier molecular flexibility index (Phi) is 6.35. The molecule has 1 aromatic carbocycles. The van der Waals surface area contributed by atoms with Crippen LogP contribution < -0.4 is 11.1 Å². The summed E-state index contributed by atoms with van der Waals surface area (Å²) >= 11 is 0. The maximum atomic E-state index is 11.8. The van der Waals surface area contributed by atoms with Crippen LogP contribution in [0.1, 0.15) is 18.9 Å². The maximum absolute atomic E-state index is 11.8. The summed E-state index contributed by atoms with van der Waals surface area (Å²) < 4.78 is 4.66. The molecule has 0 spiro atoms. The Hall–Kier alpha value is -2.41. The van der Waals surface area contributed by atoms with E-state index in [0.717, 1.165) is 5.56 Å². The second-order valence-corrected chi connectivity index (χ2v) is 4.31. The van der Waals surface area contributed by atoms with Crippen molar-refractivity contribution in [3.8, 4) is 0 Å². The van der Waals surface area contributed by atoms with Gasteiger partial charge in [-0.1, -0.05) is 12.1 Å². The number of esters is 1. The van der Waals surface area contributed by atoms with Crippen LogP contribution in [0.15, 0.2) is 24.3 Å². The van der Waals surface area contributed by atoms with Gasteiger partial charge in [0.1, 0.15) is 0 Å². The molecule has 1 rings (SSSR count). The monoisotopic (exact) mass is 294 g/mol. The third-order valence-electron chi connectivity index (χ3n) is 2.65. The predicted octanol–water partition coefficient (Wildman–Crippen LogP) is 0.533. The lowest BCUT2D eigenvalue weighted by Gasteiger charge is -2.11. The van der Waals surface area contributed by atoms with E-state index in [0.29, 0.717) is 12.1 Å². The van der Waals surface area contributed by atoms with E-state index in [-0.39, 0.29) is 13.0 Å². The van der Waals surface area contributed by atoms with Gasteiger partial charge in [-0.2, -0.15) is 0 Å². The number of benzene rings is 1. The van der Waals surface area contributed by atoms with Crippen LogP contribution in [0.3, 0.4) is 0 Å². The summed E-state index contributed by atoms with van der Waals surface area (Å²) in [5.74, 6) is -2.37. The zero-order chi connectivity index (χ0) is 15.8. The molecule has 1 aromatic rings. The van der Waals surface area contributed by atoms with Gasteiger partial charge in [0, 0.05) is 12.1 Å². The number of nitrogens with one attached hydrogen (secondary N) is 1. The topological polar surface area (TPSA) is 119 Å². The molecule has 0 saturated carbocycles. The van der Waals surface area contributed by atoms with Gasteiger partial charge in [-0.25, -0.2) is 4.79 Å². The number of amides is 1. The Bertz CT molecular complexity index is 530. The summed E-state index contributed by atoms with van der Waals surface area (Å²) in [4.78, 5) is 33.6. The summed E-state index contributed by atoms with van der Waals surface area (Å²) in [6.07, 6.45) is 0.350. The van der Waals surface area contributed by atoms with Crippen molar-refractivity contribution < 1.29 is 24.2 Å². The summed E-state index contributed by atoms with van der Waals surface area (Å²) in [6.45, 7) is 1.76. The fourth-order valence-electron chi connectivity index (χ4n) is 1.61. The zero-order valence-electron chi connectivity index (χ0n) is 11.7. The number of anilines is 1. The molecule has 0 aliphatic heterocycles. The number of hydrogen-bond acceptors (Lipinski definition) is 5. The average Bonchev–Trinajstić information content (AvgIpc) is 2.45. The molecule has 0 aromatic heterocycles. The number of carboxylic acids is 1. The van der Waals surface area contributed by atoms with E-state index in [2.05, 4.69) is 10.1 Å². The number of carbonyl (C=O) groups excluding carboxylic acids is 2. The molecule has 4 N–H and O–H groups in total. The molecular weight excluding hydrogens is 276 g/mol. The number of carboxylic acid groups (broad SMARTS) is 1. The molecule has 1 unspecified atom stereocenters. The number of hydrogen-bond donors (Lipinski definition) is 3. The number of ether oxygens (including phenoxy) is 1. The molecule has 0 saturated heterocycles. The minimum Gasteiger partial charge on any atom is -0.481 e. The Morgan fingerprint density at radius 1 is 1.38 bits per heavy atom. The predicted molar refractivity (Wildman–Crippen MR) is 75.6 cm³/mol. The van der Waals surface area contributed by atoms with E-state index in [1.54, 1.807) is 31.2 Å². The Morgan fingerprint density at radius 2 is 2.10 bits per heavy atom. The number of carbonyl (C=O) groups is 3. The summed E-state index contributed by atoms with van der Waals surface area (Å²) in [5, 5.41) is 11.1. The Labute approximate surface area is 122 Å². The summed E-state index contributed by atoms with van der Waals surface area (Å²) in [5.41, 5.74) is 6.68. The van der Waals surface area contributed by atoms with Crippen molar-refractivity contribution in [2.45, 2.75) is 25.8 Å². The SMILES string of the molecule is CCOC(=O)C(N)C(=O)Nc1cccc(CCC(=O)O)c1. The van der Waals surface area contributed by atoms with E-state index >= 15 is 0 Å². The smallest absolute Gasteiger partial charge is 0.332 e. The molecule has 0 fully saturated rings. The largest absolute Gasteiger partial charge is 0.481 e. The Balaban J connectivity index is 2.65. The first-order chi connectivity index (χ1) is 9.93. The average molecular weight is 294 g/mol. The summed E-state index contributed by atoms with van der Waals surface area (Å²) in [7, 11) is 0. The number of aryl methyl sites for hydroxylation is 1. The fourth-order valence-corrected chi connectivity index (χ4v) is 1.61. The van der Waals surface area contributed by atoms with Crippen LogP contribution in [0.25, 0.3) is 0 Å². The van der Waals surface area contributed by atoms with Crippen molar-refractivity contribution in [3.05, 3.63) is 29.8 Å². The first kappa shape index (κ1) is 16.6. The molecule has 1 atom stereocenters. The quantitative estimate of drug-likeness (QED) is 0.498. The van der Waals surface area contributed by atoms with Crippen LogP contribution in [-0.2, 0) is 25.5 Å². The van der Waals surface area contributed by atoms with Gasteiger partial charge in [0.25, 0.3) is 5.91 Å². The third-order valence-corrected chi connectivity index (χ3v) is 2.65. The van der Waals surface area contributed by atoms with Crippen LogP contribution in [0.2, 0.25) is 0 Å². The van der Waals surface area contributed by atoms with Crippen molar-refractivity contribution in [2.75, 3.05) is 11.9 Å². The second-order valence-electron chi connectivity index (χ2n) is 4.31. The first-order valence-corrected chi connectivity index (χ1v) is 6.48. The molecule has 0 aliphatic rings. The summed E-state index contributed by atoms with van der Waals surface area (Å²) in [6, 6.07) is 5.30. The zero-order valence-corrected chi connectivity index (χ0v) is 11.7. The van der Waals surface area contributed by atoms with Crippen LogP contribution in [0.5, 0.6) is 0 Å². The number of aliphatic carboxylic acids is 1. The molecule has 0 radical (unpaired) electrons. The standard InChI is InChI=1S/C14H18N2O5/c1-2-21-14(20)12(15)13(19)16-10-5-3-4-9(8-10)6-7-11(17)18/h3-5,8,12H,2,6-7,15H2,1H3,(H,16,19)(H,17,18). The molecule has 114 valence electrons. The number of rotatable bonds is 7. The molecule has 1 amide bonds. The minimum absolute atomic E-state index is 0.000258. The van der Waals surface area contributed by atoms with Gasteiger partial charge in [0.15, 0.2) is 6.04 Å². The van der Waals surface area contributed by atoms with Crippen LogP contribution >= 0.6 is 0 Å². The molecule has 7 nitrogen and oxygen atoms in total. The van der Waals surface area contributed by atoms with E-state index in [9.17, 15) is 14.4 Å². The third kappa shape index (κ3) is 5.62. The van der Waals surface area contributed by atoms with Gasteiger partial charge in [-0.3, -0.25) is 9.59 Å². The molecule has 21 heavy (non-hydrogen) atoms.